The van der Waals surface area contributed by atoms with Gasteiger partial charge in [0, 0.05) is 18.2 Å². The van der Waals surface area contributed by atoms with Crippen LogP contribution in [0, 0.1) is 0 Å². The Kier molecular flexibility index (Phi) is 4.74. The second-order valence-electron chi connectivity index (χ2n) is 4.86. The molecule has 0 amide bonds. The molecule has 0 aromatic heterocycles. The summed E-state index contributed by atoms with van der Waals surface area (Å²) in [6, 6.07) is 6.90. The molecule has 0 aliphatic carbocycles. The summed E-state index contributed by atoms with van der Waals surface area (Å²) in [5.41, 5.74) is 6.94. The summed E-state index contributed by atoms with van der Waals surface area (Å²) in [6.07, 6.45) is 0. The molecule has 1 aromatic carbocycles. The van der Waals surface area contributed by atoms with Crippen LogP contribution in [0.4, 0.5) is 0 Å². The standard InChI is InChI=1S/C13H18N2O3S2/c1-10-8-18-6-5-15(10)20(16,17)9-11-3-2-4-12(7-11)13(14)19/h2-4,7,10H,5-6,8-9H2,1H3,(H2,14,19). The quantitative estimate of drug-likeness (QED) is 0.835. The van der Waals surface area contributed by atoms with Crippen molar-refractivity contribution in [2.75, 3.05) is 19.8 Å². The summed E-state index contributed by atoms with van der Waals surface area (Å²) in [5.74, 6) is -0.0478. The molecular formula is C13H18N2O3S2. The van der Waals surface area contributed by atoms with Crippen molar-refractivity contribution in [1.82, 2.24) is 4.31 Å². The predicted octanol–water partition coefficient (Wildman–Crippen LogP) is 0.871. The van der Waals surface area contributed by atoms with E-state index >= 15 is 0 Å². The van der Waals surface area contributed by atoms with Crippen molar-refractivity contribution in [2.24, 2.45) is 5.73 Å². The highest BCUT2D eigenvalue weighted by atomic mass is 32.2. The predicted molar refractivity (Wildman–Crippen MR) is 81.9 cm³/mol. The van der Waals surface area contributed by atoms with Crippen molar-refractivity contribution in [3.63, 3.8) is 0 Å². The van der Waals surface area contributed by atoms with E-state index in [2.05, 4.69) is 0 Å². The molecule has 0 spiro atoms. The molecule has 7 heteroatoms. The van der Waals surface area contributed by atoms with Crippen molar-refractivity contribution in [3.8, 4) is 0 Å². The number of benzene rings is 1. The lowest BCUT2D eigenvalue weighted by atomic mass is 10.1. The Bertz CT molecular complexity index is 601. The maximum Gasteiger partial charge on any atom is 0.218 e. The molecule has 2 N–H and O–H groups in total. The minimum Gasteiger partial charge on any atom is -0.389 e. The maximum atomic E-state index is 12.5. The van der Waals surface area contributed by atoms with E-state index < -0.39 is 10.0 Å². The van der Waals surface area contributed by atoms with Crippen molar-refractivity contribution in [2.45, 2.75) is 18.7 Å². The molecule has 20 heavy (non-hydrogen) atoms. The first-order valence-corrected chi connectivity index (χ1v) is 8.38. The number of nitrogens with two attached hydrogens (primary N) is 1. The van der Waals surface area contributed by atoms with Gasteiger partial charge in [-0.3, -0.25) is 0 Å². The van der Waals surface area contributed by atoms with Crippen molar-refractivity contribution < 1.29 is 13.2 Å². The summed E-state index contributed by atoms with van der Waals surface area (Å²) < 4.78 is 31.7. The fraction of sp³-hybridized carbons (Fsp3) is 0.462. The van der Waals surface area contributed by atoms with Crippen LogP contribution in [-0.2, 0) is 20.5 Å². The SMILES string of the molecule is CC1COCCN1S(=O)(=O)Cc1cccc(C(N)=S)c1. The first-order valence-electron chi connectivity index (χ1n) is 6.36. The zero-order chi connectivity index (χ0) is 14.8. The normalized spacial score (nSPS) is 20.8. The summed E-state index contributed by atoms with van der Waals surface area (Å²) in [7, 11) is -3.36. The third kappa shape index (κ3) is 3.54. The number of morpholine rings is 1. The van der Waals surface area contributed by atoms with E-state index in [0.717, 1.165) is 0 Å². The number of rotatable bonds is 4. The van der Waals surface area contributed by atoms with Gasteiger partial charge >= 0.3 is 0 Å². The van der Waals surface area contributed by atoms with E-state index in [1.165, 1.54) is 4.31 Å². The zero-order valence-electron chi connectivity index (χ0n) is 11.3. The molecule has 5 nitrogen and oxygen atoms in total. The number of sulfonamides is 1. The summed E-state index contributed by atoms with van der Waals surface area (Å²) in [5, 5.41) is 0. The van der Waals surface area contributed by atoms with E-state index in [1.54, 1.807) is 24.3 Å². The monoisotopic (exact) mass is 314 g/mol. The Morgan fingerprint density at radius 2 is 2.30 bits per heavy atom. The number of hydrogen-bond acceptors (Lipinski definition) is 4. The van der Waals surface area contributed by atoms with Gasteiger partial charge in [-0.2, -0.15) is 4.31 Å². The van der Waals surface area contributed by atoms with E-state index in [4.69, 9.17) is 22.7 Å². The third-order valence-electron chi connectivity index (χ3n) is 3.22. The summed E-state index contributed by atoms with van der Waals surface area (Å²) in [6.45, 7) is 3.13. The number of thiocarbonyl (C=S) groups is 1. The van der Waals surface area contributed by atoms with Gasteiger partial charge in [0.1, 0.15) is 4.99 Å². The van der Waals surface area contributed by atoms with Crippen LogP contribution in [0.5, 0.6) is 0 Å². The van der Waals surface area contributed by atoms with E-state index in [9.17, 15) is 8.42 Å². The van der Waals surface area contributed by atoms with Crippen LogP contribution in [0.15, 0.2) is 24.3 Å². The molecule has 1 aromatic rings. The first kappa shape index (κ1) is 15.4. The molecule has 1 atom stereocenters. The highest BCUT2D eigenvalue weighted by molar-refractivity contribution is 7.88. The molecule has 2 rings (SSSR count). The van der Waals surface area contributed by atoms with Gasteiger partial charge in [0.15, 0.2) is 0 Å². The average Bonchev–Trinajstić information content (AvgIpc) is 2.38. The van der Waals surface area contributed by atoms with Gasteiger partial charge in [0.05, 0.1) is 19.0 Å². The number of nitrogens with zero attached hydrogens (tertiary/aromatic N) is 1. The minimum absolute atomic E-state index is 0.0478. The average molecular weight is 314 g/mol. The molecule has 1 heterocycles. The Labute approximate surface area is 124 Å². The summed E-state index contributed by atoms with van der Waals surface area (Å²) in [4.78, 5) is 0.268. The highest BCUT2D eigenvalue weighted by Crippen LogP contribution is 2.17. The van der Waals surface area contributed by atoms with Gasteiger partial charge in [0.2, 0.25) is 10.0 Å². The molecule has 1 unspecified atom stereocenters. The van der Waals surface area contributed by atoms with Gasteiger partial charge in [-0.1, -0.05) is 30.4 Å². The van der Waals surface area contributed by atoms with E-state index in [-0.39, 0.29) is 16.8 Å². The minimum atomic E-state index is -3.36. The molecule has 0 saturated carbocycles. The molecule has 1 fully saturated rings. The lowest BCUT2D eigenvalue weighted by Gasteiger charge is -2.32. The Morgan fingerprint density at radius 1 is 1.55 bits per heavy atom. The lowest BCUT2D eigenvalue weighted by molar-refractivity contribution is 0.0392. The van der Waals surface area contributed by atoms with Gasteiger partial charge in [-0.05, 0) is 18.6 Å². The van der Waals surface area contributed by atoms with Crippen LogP contribution in [0.3, 0.4) is 0 Å². The van der Waals surface area contributed by atoms with Gasteiger partial charge in [0.25, 0.3) is 0 Å². The Morgan fingerprint density at radius 3 is 2.95 bits per heavy atom. The van der Waals surface area contributed by atoms with Crippen LogP contribution < -0.4 is 5.73 Å². The van der Waals surface area contributed by atoms with Gasteiger partial charge < -0.3 is 10.5 Å². The van der Waals surface area contributed by atoms with Crippen molar-refractivity contribution >= 4 is 27.2 Å². The van der Waals surface area contributed by atoms with Crippen molar-refractivity contribution in [3.05, 3.63) is 35.4 Å². The largest absolute Gasteiger partial charge is 0.389 e. The Hall–Kier alpha value is -1.02. The van der Waals surface area contributed by atoms with Crippen LogP contribution in [-0.4, -0.2) is 43.5 Å². The molecule has 110 valence electrons. The third-order valence-corrected chi connectivity index (χ3v) is 5.42. The molecule has 0 bridgehead atoms. The molecule has 0 radical (unpaired) electrons. The highest BCUT2D eigenvalue weighted by Gasteiger charge is 2.30. The molecule has 1 saturated heterocycles. The fourth-order valence-corrected chi connectivity index (χ4v) is 4.09. The van der Waals surface area contributed by atoms with Crippen molar-refractivity contribution in [1.29, 1.82) is 0 Å². The van der Waals surface area contributed by atoms with E-state index in [0.29, 0.717) is 30.9 Å². The lowest BCUT2D eigenvalue weighted by Crippen LogP contribution is -2.47. The number of ether oxygens (including phenoxy) is 1. The second kappa shape index (κ2) is 6.17. The maximum absolute atomic E-state index is 12.5. The topological polar surface area (TPSA) is 72.6 Å². The van der Waals surface area contributed by atoms with Crippen LogP contribution in [0.25, 0.3) is 0 Å². The van der Waals surface area contributed by atoms with Crippen LogP contribution >= 0.6 is 12.2 Å². The summed E-state index contributed by atoms with van der Waals surface area (Å²) >= 11 is 4.91. The Balaban J connectivity index is 2.19. The molecule has 1 aliphatic heterocycles. The molecular weight excluding hydrogens is 296 g/mol. The van der Waals surface area contributed by atoms with Gasteiger partial charge in [-0.25, -0.2) is 8.42 Å². The second-order valence-corrected chi connectivity index (χ2v) is 7.22. The fourth-order valence-electron chi connectivity index (χ4n) is 2.23. The van der Waals surface area contributed by atoms with Crippen LogP contribution in [0.1, 0.15) is 18.1 Å². The van der Waals surface area contributed by atoms with Crippen LogP contribution in [0.2, 0.25) is 0 Å². The van der Waals surface area contributed by atoms with Gasteiger partial charge in [-0.15, -0.1) is 0 Å². The smallest absolute Gasteiger partial charge is 0.218 e. The zero-order valence-corrected chi connectivity index (χ0v) is 12.9. The first-order chi connectivity index (χ1) is 9.40. The van der Waals surface area contributed by atoms with E-state index in [1.807, 2.05) is 6.92 Å². The molecule has 1 aliphatic rings. The number of hydrogen-bond donors (Lipinski definition) is 1.